The SMILES string of the molecule is C1CC[N-]C1.[C-]1=CC=CC1.[C-]1=CC=CC1.[CH3-].[Zr+4]. The van der Waals surface area contributed by atoms with Gasteiger partial charge in [0.25, 0.3) is 0 Å². The van der Waals surface area contributed by atoms with Gasteiger partial charge >= 0.3 is 26.2 Å². The number of nitrogens with zero attached hydrogens (tertiary/aromatic N) is 1. The van der Waals surface area contributed by atoms with E-state index in [9.17, 15) is 0 Å². The molecule has 0 aromatic carbocycles. The van der Waals surface area contributed by atoms with Gasteiger partial charge in [-0.15, -0.1) is 25.9 Å². The molecule has 0 saturated carbocycles. The fourth-order valence-corrected chi connectivity index (χ4v) is 1.24. The van der Waals surface area contributed by atoms with Crippen LogP contribution in [0.4, 0.5) is 0 Å². The van der Waals surface area contributed by atoms with Gasteiger partial charge in [-0.1, -0.05) is 12.8 Å². The van der Waals surface area contributed by atoms with Crippen LogP contribution >= 0.6 is 0 Å². The van der Waals surface area contributed by atoms with Crippen molar-refractivity contribution in [2.75, 3.05) is 13.1 Å². The van der Waals surface area contributed by atoms with Gasteiger partial charge in [-0.05, 0) is 0 Å². The number of allylic oxidation sites excluding steroid dienone is 8. The van der Waals surface area contributed by atoms with Gasteiger partial charge in [0.2, 0.25) is 0 Å². The van der Waals surface area contributed by atoms with E-state index < -0.39 is 0 Å². The van der Waals surface area contributed by atoms with E-state index in [4.69, 9.17) is 0 Å². The van der Waals surface area contributed by atoms with Crippen molar-refractivity contribution in [2.45, 2.75) is 25.7 Å². The van der Waals surface area contributed by atoms with Gasteiger partial charge in [0, 0.05) is 0 Å². The predicted octanol–water partition coefficient (Wildman–Crippen LogP) is 4.21. The third-order valence-electron chi connectivity index (χ3n) is 2.05. The van der Waals surface area contributed by atoms with Crippen LogP contribution in [-0.2, 0) is 26.2 Å². The first kappa shape index (κ1) is 19.2. The van der Waals surface area contributed by atoms with Gasteiger partial charge in [0.05, 0.1) is 0 Å². The van der Waals surface area contributed by atoms with Crippen molar-refractivity contribution in [1.29, 1.82) is 0 Å². The Kier molecular flexibility index (Phi) is 17.8. The Bertz CT molecular complexity index is 198. The first-order valence-electron chi connectivity index (χ1n) is 5.57. The molecule has 0 unspecified atom stereocenters. The zero-order valence-electron chi connectivity index (χ0n) is 10.7. The molecule has 0 aromatic rings. The second-order valence-electron chi connectivity index (χ2n) is 3.38. The molecule has 17 heavy (non-hydrogen) atoms. The van der Waals surface area contributed by atoms with Crippen molar-refractivity contribution >= 4 is 0 Å². The van der Waals surface area contributed by atoms with Crippen molar-refractivity contribution in [3.05, 3.63) is 61.4 Å². The molecule has 3 aliphatic rings. The molecule has 0 bridgehead atoms. The summed E-state index contributed by atoms with van der Waals surface area (Å²) in [5.74, 6) is 0. The molecule has 1 nitrogen and oxygen atoms in total. The maximum absolute atomic E-state index is 4.08. The van der Waals surface area contributed by atoms with Crippen LogP contribution < -0.4 is 0 Å². The minimum absolute atomic E-state index is 0. The Morgan fingerprint density at radius 2 is 1.29 bits per heavy atom. The Hall–Kier alpha value is -0.197. The van der Waals surface area contributed by atoms with Gasteiger partial charge < -0.3 is 12.7 Å². The molecule has 0 radical (unpaired) electrons. The second-order valence-corrected chi connectivity index (χ2v) is 3.38. The Labute approximate surface area is 126 Å². The molecule has 0 spiro atoms. The van der Waals surface area contributed by atoms with Crippen LogP contribution in [0.15, 0.2) is 36.5 Å². The van der Waals surface area contributed by atoms with Crippen LogP contribution in [0.2, 0.25) is 0 Å². The molecule has 0 atom stereocenters. The summed E-state index contributed by atoms with van der Waals surface area (Å²) < 4.78 is 0. The Balaban J connectivity index is 0. The van der Waals surface area contributed by atoms with Crippen LogP contribution in [0.3, 0.4) is 0 Å². The van der Waals surface area contributed by atoms with Crippen LogP contribution in [0.1, 0.15) is 25.7 Å². The van der Waals surface area contributed by atoms with E-state index in [0.29, 0.717) is 0 Å². The molecule has 1 fully saturated rings. The molecular weight excluding hydrogens is 285 g/mol. The van der Waals surface area contributed by atoms with Crippen molar-refractivity contribution in [3.8, 4) is 0 Å². The normalized spacial score (nSPS) is 17.4. The molecule has 0 aromatic heterocycles. The molecule has 1 heterocycles. The summed E-state index contributed by atoms with van der Waals surface area (Å²) in [7, 11) is 0. The standard InChI is InChI=1S/2C5H5.C4H8N.CH3.Zr/c3*1-2-4-5-3-1;;/h2*1-3H,4H2;1-4H2;1H3;/q4*-1;+4. The van der Waals surface area contributed by atoms with E-state index in [0.717, 1.165) is 25.9 Å². The summed E-state index contributed by atoms with van der Waals surface area (Å²) in [4.78, 5) is 0. The second kappa shape index (κ2) is 15.8. The van der Waals surface area contributed by atoms with Crippen molar-refractivity contribution in [2.24, 2.45) is 0 Å². The van der Waals surface area contributed by atoms with Crippen LogP contribution in [0, 0.1) is 19.6 Å². The van der Waals surface area contributed by atoms with Crippen LogP contribution in [-0.4, -0.2) is 13.1 Å². The largest absolute Gasteiger partial charge is 4.00 e. The molecule has 1 aliphatic heterocycles. The maximum atomic E-state index is 4.08. The quantitative estimate of drug-likeness (QED) is 0.595. The topological polar surface area (TPSA) is 14.1 Å². The monoisotopic (exact) mass is 305 g/mol. The zero-order valence-corrected chi connectivity index (χ0v) is 13.1. The van der Waals surface area contributed by atoms with E-state index >= 15 is 0 Å². The smallest absolute Gasteiger partial charge is 0.662 e. The van der Waals surface area contributed by atoms with E-state index in [1.807, 2.05) is 24.3 Å². The maximum Gasteiger partial charge on any atom is 4.00 e. The van der Waals surface area contributed by atoms with Crippen LogP contribution in [0.5, 0.6) is 0 Å². The minimum Gasteiger partial charge on any atom is -0.662 e. The summed E-state index contributed by atoms with van der Waals surface area (Å²) in [6, 6.07) is 0. The first-order valence-corrected chi connectivity index (χ1v) is 5.57. The third-order valence-corrected chi connectivity index (χ3v) is 2.05. The van der Waals surface area contributed by atoms with E-state index in [-0.39, 0.29) is 33.6 Å². The van der Waals surface area contributed by atoms with Gasteiger partial charge in [0.15, 0.2) is 0 Å². The summed E-state index contributed by atoms with van der Waals surface area (Å²) in [6.07, 6.45) is 22.7. The van der Waals surface area contributed by atoms with E-state index in [1.165, 1.54) is 12.8 Å². The molecular formula is C15H21NZr. The van der Waals surface area contributed by atoms with Crippen LogP contribution in [0.25, 0.3) is 5.32 Å². The summed E-state index contributed by atoms with van der Waals surface area (Å²) in [6.45, 7) is 2.25. The predicted molar refractivity (Wildman–Crippen MR) is 71.9 cm³/mol. The fourth-order valence-electron chi connectivity index (χ4n) is 1.24. The van der Waals surface area contributed by atoms with Crippen molar-refractivity contribution in [1.82, 2.24) is 0 Å². The zero-order chi connectivity index (χ0) is 10.6. The number of rotatable bonds is 0. The van der Waals surface area contributed by atoms with Crippen molar-refractivity contribution in [3.63, 3.8) is 0 Å². The summed E-state index contributed by atoms with van der Waals surface area (Å²) >= 11 is 0. The van der Waals surface area contributed by atoms with Gasteiger partial charge in [0.1, 0.15) is 0 Å². The average Bonchev–Trinajstić information content (AvgIpc) is 3.09. The van der Waals surface area contributed by atoms with E-state index in [2.05, 4.69) is 29.6 Å². The summed E-state index contributed by atoms with van der Waals surface area (Å²) in [5, 5.41) is 4.08. The van der Waals surface area contributed by atoms with E-state index in [1.54, 1.807) is 0 Å². The minimum atomic E-state index is 0. The molecule has 2 heteroatoms. The Morgan fingerprint density at radius 3 is 1.41 bits per heavy atom. The van der Waals surface area contributed by atoms with Gasteiger partial charge in [-0.3, -0.25) is 12.2 Å². The molecule has 1 saturated heterocycles. The van der Waals surface area contributed by atoms with Crippen molar-refractivity contribution < 1.29 is 26.2 Å². The summed E-state index contributed by atoms with van der Waals surface area (Å²) in [5.41, 5.74) is 0. The Morgan fingerprint density at radius 1 is 0.824 bits per heavy atom. The molecule has 3 rings (SSSR count). The molecule has 2 aliphatic carbocycles. The van der Waals surface area contributed by atoms with Gasteiger partial charge in [-0.25, -0.2) is 24.3 Å². The molecule has 90 valence electrons. The molecule has 0 N–H and O–H groups in total. The first-order chi connectivity index (χ1) is 7.50. The van der Waals surface area contributed by atoms with Gasteiger partial charge in [-0.2, -0.15) is 12.2 Å². The third kappa shape index (κ3) is 13.7. The molecule has 0 amide bonds. The fraction of sp³-hybridized carbons (Fsp3) is 0.400. The average molecular weight is 307 g/mol. The number of hydrogen-bond acceptors (Lipinski definition) is 0. The number of hydrogen-bond donors (Lipinski definition) is 0.